The maximum absolute atomic E-state index is 10.5. The van der Waals surface area contributed by atoms with Crippen molar-refractivity contribution >= 4 is 0 Å². The zero-order valence-corrected chi connectivity index (χ0v) is 15.0. The molecule has 2 aromatic rings. The smallest absolute Gasteiger partial charge is 0.163 e. The van der Waals surface area contributed by atoms with E-state index >= 15 is 0 Å². The van der Waals surface area contributed by atoms with Crippen LogP contribution in [0.5, 0.6) is 0 Å². The van der Waals surface area contributed by atoms with E-state index in [2.05, 4.69) is 0 Å². The van der Waals surface area contributed by atoms with Crippen molar-refractivity contribution in [1.82, 2.24) is 5.06 Å². The van der Waals surface area contributed by atoms with Crippen LogP contribution in [-0.2, 0) is 9.57 Å². The first-order valence-electron chi connectivity index (χ1n) is 8.81. The molecule has 0 unspecified atom stereocenters. The Balaban J connectivity index is 2.01. The summed E-state index contributed by atoms with van der Waals surface area (Å²) in [7, 11) is 1.44. The number of nitrogens with zero attached hydrogens (tertiary/aromatic N) is 1. The van der Waals surface area contributed by atoms with Crippen molar-refractivity contribution < 1.29 is 30.0 Å². The third-order valence-corrected chi connectivity index (χ3v) is 4.81. The summed E-state index contributed by atoms with van der Waals surface area (Å²) in [5.74, 6) is 0. The lowest BCUT2D eigenvalue weighted by Gasteiger charge is -2.45. The van der Waals surface area contributed by atoms with E-state index in [0.29, 0.717) is 0 Å². The molecule has 7 nitrogen and oxygen atoms in total. The summed E-state index contributed by atoms with van der Waals surface area (Å²) in [5, 5.41) is 41.6. The van der Waals surface area contributed by atoms with Gasteiger partial charge in [-0.3, -0.25) is 4.84 Å². The van der Waals surface area contributed by atoms with Crippen LogP contribution in [0.3, 0.4) is 0 Å². The first kappa shape index (κ1) is 19.9. The Labute approximate surface area is 158 Å². The molecular formula is C20H25NO6. The molecule has 1 heterocycles. The number of aliphatic hydroxyl groups is 4. The second-order valence-corrected chi connectivity index (χ2v) is 6.49. The van der Waals surface area contributed by atoms with Crippen molar-refractivity contribution in [2.24, 2.45) is 0 Å². The fraction of sp³-hybridized carbons (Fsp3) is 0.400. The zero-order valence-electron chi connectivity index (χ0n) is 15.0. The Kier molecular flexibility index (Phi) is 6.56. The highest BCUT2D eigenvalue weighted by Gasteiger charge is 2.48. The highest BCUT2D eigenvalue weighted by atomic mass is 16.7. The number of aliphatic hydroxyl groups excluding tert-OH is 4. The molecule has 1 saturated heterocycles. The van der Waals surface area contributed by atoms with Crippen LogP contribution in [0.25, 0.3) is 0 Å². The third-order valence-electron chi connectivity index (χ3n) is 4.81. The molecule has 2 aromatic carbocycles. The van der Waals surface area contributed by atoms with Crippen LogP contribution in [-0.4, -0.2) is 69.8 Å². The van der Waals surface area contributed by atoms with E-state index in [9.17, 15) is 20.4 Å². The van der Waals surface area contributed by atoms with Crippen LogP contribution >= 0.6 is 0 Å². The quantitative estimate of drug-likeness (QED) is 0.543. The van der Waals surface area contributed by atoms with Crippen LogP contribution < -0.4 is 0 Å². The molecule has 0 saturated carbocycles. The molecule has 0 aromatic heterocycles. The molecule has 1 fully saturated rings. The maximum atomic E-state index is 10.5. The van der Waals surface area contributed by atoms with Gasteiger partial charge in [0.25, 0.3) is 0 Å². The highest BCUT2D eigenvalue weighted by molar-refractivity contribution is 5.31. The minimum atomic E-state index is -1.48. The molecule has 0 radical (unpaired) electrons. The Hall–Kier alpha value is -1.84. The van der Waals surface area contributed by atoms with E-state index in [1.54, 1.807) is 0 Å². The monoisotopic (exact) mass is 375 g/mol. The van der Waals surface area contributed by atoms with Gasteiger partial charge in [0.1, 0.15) is 24.4 Å². The Morgan fingerprint density at radius 3 is 1.85 bits per heavy atom. The van der Waals surface area contributed by atoms with E-state index in [-0.39, 0.29) is 0 Å². The van der Waals surface area contributed by atoms with Crippen molar-refractivity contribution in [2.75, 3.05) is 13.7 Å². The van der Waals surface area contributed by atoms with Crippen LogP contribution in [0.15, 0.2) is 60.7 Å². The molecule has 3 rings (SSSR count). The van der Waals surface area contributed by atoms with Crippen molar-refractivity contribution in [3.63, 3.8) is 0 Å². The number of ether oxygens (including phenoxy) is 1. The standard InChI is InChI=1S/C20H25NO6/c1-26-21(20-19(25)18(24)17(23)15(12-22)27-20)16(13-8-4-2-5-9-13)14-10-6-3-7-11-14/h2-11,15-20,22-25H,12H2,1H3/t15-,17-,18+,19-,20-/m1/s1. The van der Waals surface area contributed by atoms with Crippen LogP contribution in [0.1, 0.15) is 17.2 Å². The average molecular weight is 375 g/mol. The minimum Gasteiger partial charge on any atom is -0.394 e. The lowest BCUT2D eigenvalue weighted by Crippen LogP contribution is -2.63. The average Bonchev–Trinajstić information content (AvgIpc) is 2.72. The molecule has 0 amide bonds. The third kappa shape index (κ3) is 4.04. The summed E-state index contributed by atoms with van der Waals surface area (Å²) in [6.07, 6.45) is -6.45. The molecule has 1 aliphatic heterocycles. The van der Waals surface area contributed by atoms with E-state index in [0.717, 1.165) is 11.1 Å². The van der Waals surface area contributed by atoms with E-state index in [4.69, 9.17) is 9.57 Å². The zero-order chi connectivity index (χ0) is 19.4. The van der Waals surface area contributed by atoms with Crippen LogP contribution in [0, 0.1) is 0 Å². The van der Waals surface area contributed by atoms with Gasteiger partial charge in [-0.25, -0.2) is 0 Å². The molecule has 4 N–H and O–H groups in total. The summed E-state index contributed by atoms with van der Waals surface area (Å²) >= 11 is 0. The van der Waals surface area contributed by atoms with Gasteiger partial charge >= 0.3 is 0 Å². The number of hydrogen-bond donors (Lipinski definition) is 4. The molecular weight excluding hydrogens is 350 g/mol. The van der Waals surface area contributed by atoms with Gasteiger partial charge in [0, 0.05) is 0 Å². The number of hydrogen-bond acceptors (Lipinski definition) is 7. The lowest BCUT2D eigenvalue weighted by atomic mass is 9.94. The van der Waals surface area contributed by atoms with E-state index < -0.39 is 43.3 Å². The molecule has 146 valence electrons. The Morgan fingerprint density at radius 2 is 1.41 bits per heavy atom. The maximum Gasteiger partial charge on any atom is 0.163 e. The predicted molar refractivity (Wildman–Crippen MR) is 97.3 cm³/mol. The summed E-state index contributed by atoms with van der Waals surface area (Å²) in [6.45, 7) is -0.500. The van der Waals surface area contributed by atoms with Crippen molar-refractivity contribution in [3.05, 3.63) is 71.8 Å². The van der Waals surface area contributed by atoms with Gasteiger partial charge < -0.3 is 25.2 Å². The minimum absolute atomic E-state index is 0.446. The topological polar surface area (TPSA) is 103 Å². The van der Waals surface area contributed by atoms with Gasteiger partial charge in [-0.15, -0.1) is 5.06 Å². The van der Waals surface area contributed by atoms with E-state index in [1.165, 1.54) is 12.2 Å². The molecule has 1 aliphatic rings. The molecule has 7 heteroatoms. The molecule has 27 heavy (non-hydrogen) atoms. The van der Waals surface area contributed by atoms with Gasteiger partial charge in [0.2, 0.25) is 0 Å². The van der Waals surface area contributed by atoms with E-state index in [1.807, 2.05) is 60.7 Å². The van der Waals surface area contributed by atoms with Crippen molar-refractivity contribution in [2.45, 2.75) is 36.7 Å². The van der Waals surface area contributed by atoms with Gasteiger partial charge in [0.05, 0.1) is 19.8 Å². The lowest BCUT2D eigenvalue weighted by molar-refractivity contribution is -0.337. The van der Waals surface area contributed by atoms with Crippen molar-refractivity contribution in [1.29, 1.82) is 0 Å². The van der Waals surface area contributed by atoms with Crippen molar-refractivity contribution in [3.8, 4) is 0 Å². The summed E-state index contributed by atoms with van der Waals surface area (Å²) in [5.41, 5.74) is 1.78. The first-order valence-corrected chi connectivity index (χ1v) is 8.81. The first-order chi connectivity index (χ1) is 13.1. The Bertz CT molecular complexity index is 659. The van der Waals surface area contributed by atoms with Crippen LogP contribution in [0.2, 0.25) is 0 Å². The molecule has 0 spiro atoms. The van der Waals surface area contributed by atoms with Gasteiger partial charge in [-0.05, 0) is 11.1 Å². The molecule has 0 aliphatic carbocycles. The fourth-order valence-corrected chi connectivity index (χ4v) is 3.41. The second-order valence-electron chi connectivity index (χ2n) is 6.49. The SMILES string of the molecule is CON(C(c1ccccc1)c1ccccc1)[C@@H]1O[C@H](CO)[C@@H](O)[C@H](O)[C@H]1O. The Morgan fingerprint density at radius 1 is 0.889 bits per heavy atom. The molecule has 0 bridgehead atoms. The summed E-state index contributed by atoms with van der Waals surface area (Å²) in [4.78, 5) is 5.58. The van der Waals surface area contributed by atoms with Gasteiger partial charge in [0.15, 0.2) is 6.23 Å². The number of benzene rings is 2. The van der Waals surface area contributed by atoms with Gasteiger partial charge in [-0.1, -0.05) is 60.7 Å². The van der Waals surface area contributed by atoms with Crippen LogP contribution in [0.4, 0.5) is 0 Å². The highest BCUT2D eigenvalue weighted by Crippen LogP contribution is 2.34. The largest absolute Gasteiger partial charge is 0.394 e. The van der Waals surface area contributed by atoms with Gasteiger partial charge in [-0.2, -0.15) is 0 Å². The number of hydroxylamine groups is 2. The normalized spacial score (nSPS) is 28.6. The fourth-order valence-electron chi connectivity index (χ4n) is 3.41. The summed E-state index contributed by atoms with van der Waals surface area (Å²) < 4.78 is 5.70. The number of rotatable bonds is 6. The summed E-state index contributed by atoms with van der Waals surface area (Å²) in [6, 6.07) is 18.6. The second kappa shape index (κ2) is 8.90. The predicted octanol–water partition coefficient (Wildman–Crippen LogP) is 0.439. The molecule has 5 atom stereocenters.